The van der Waals surface area contributed by atoms with Crippen molar-refractivity contribution < 1.29 is 9.84 Å². The van der Waals surface area contributed by atoms with Gasteiger partial charge < -0.3 is 15.2 Å². The van der Waals surface area contributed by atoms with E-state index in [-0.39, 0.29) is 12.1 Å². The van der Waals surface area contributed by atoms with E-state index in [0.29, 0.717) is 35.9 Å². The topological polar surface area (TPSA) is 88.3 Å². The summed E-state index contributed by atoms with van der Waals surface area (Å²) < 4.78 is 7.03. The average molecular weight is 443 g/mol. The van der Waals surface area contributed by atoms with E-state index >= 15 is 0 Å². The Morgan fingerprint density at radius 3 is 2.68 bits per heavy atom. The molecule has 2 N–H and O–H groups in total. The fourth-order valence-electron chi connectivity index (χ4n) is 4.76. The molecule has 9 heteroatoms. The molecule has 2 aliphatic heterocycles. The van der Waals surface area contributed by atoms with Crippen molar-refractivity contribution in [3.63, 3.8) is 0 Å². The molecular formula is C22H27ClN6O2. The molecule has 0 bridgehead atoms. The summed E-state index contributed by atoms with van der Waals surface area (Å²) in [6.07, 6.45) is 5.27. The molecule has 2 aliphatic rings. The number of ether oxygens (including phenoxy) is 1. The molecule has 2 atom stereocenters. The van der Waals surface area contributed by atoms with Crippen LogP contribution in [0.2, 0.25) is 5.15 Å². The molecule has 0 saturated carbocycles. The smallest absolute Gasteiger partial charge is 0.227 e. The molecule has 2 saturated heterocycles. The zero-order chi connectivity index (χ0) is 21.5. The molecule has 2 aromatic heterocycles. The number of aromatic nitrogens is 4. The third-order valence-electron chi connectivity index (χ3n) is 6.54. The predicted molar refractivity (Wildman–Crippen MR) is 120 cm³/mol. The van der Waals surface area contributed by atoms with Crippen LogP contribution in [-0.2, 0) is 11.8 Å². The molecule has 5 rings (SSSR count). The van der Waals surface area contributed by atoms with Crippen molar-refractivity contribution in [2.24, 2.45) is 7.05 Å². The summed E-state index contributed by atoms with van der Waals surface area (Å²) in [6, 6.07) is 4.52. The number of aliphatic hydroxyl groups excluding tert-OH is 1. The highest BCUT2D eigenvalue weighted by Gasteiger charge is 2.34. The SMILES string of the molecule is Cc1cc2cnc(Nc3cnn(C)c3Cl)nc2cc1C1CCN(C2COCC2O)CC1. The van der Waals surface area contributed by atoms with E-state index in [4.69, 9.17) is 21.3 Å². The number of aliphatic hydroxyl groups is 1. The lowest BCUT2D eigenvalue weighted by Gasteiger charge is -2.37. The number of fused-ring (bicyclic) bond motifs is 1. The molecular weight excluding hydrogens is 416 g/mol. The minimum Gasteiger partial charge on any atom is -0.389 e. The first-order valence-corrected chi connectivity index (χ1v) is 11.1. The first-order chi connectivity index (χ1) is 15.0. The normalized spacial score (nSPS) is 23.0. The fourth-order valence-corrected chi connectivity index (χ4v) is 4.90. The Hall–Kier alpha value is -2.26. The first kappa shape index (κ1) is 20.6. The summed E-state index contributed by atoms with van der Waals surface area (Å²) >= 11 is 6.25. The van der Waals surface area contributed by atoms with Gasteiger partial charge in [-0.25, -0.2) is 9.97 Å². The highest BCUT2D eigenvalue weighted by Crippen LogP contribution is 2.34. The van der Waals surface area contributed by atoms with Gasteiger partial charge >= 0.3 is 0 Å². The van der Waals surface area contributed by atoms with E-state index in [0.717, 1.165) is 36.8 Å². The van der Waals surface area contributed by atoms with Crippen molar-refractivity contribution in [2.75, 3.05) is 31.6 Å². The quantitative estimate of drug-likeness (QED) is 0.642. The first-order valence-electron chi connectivity index (χ1n) is 10.7. The Labute approximate surface area is 186 Å². The maximum Gasteiger partial charge on any atom is 0.227 e. The molecule has 1 aromatic carbocycles. The molecule has 2 unspecified atom stereocenters. The molecule has 31 heavy (non-hydrogen) atoms. The minimum atomic E-state index is -0.366. The van der Waals surface area contributed by atoms with Gasteiger partial charge in [-0.1, -0.05) is 11.6 Å². The van der Waals surface area contributed by atoms with Crippen LogP contribution in [0.5, 0.6) is 0 Å². The van der Waals surface area contributed by atoms with Crippen LogP contribution < -0.4 is 5.32 Å². The maximum atomic E-state index is 10.1. The average Bonchev–Trinajstić information content (AvgIpc) is 3.34. The number of likely N-dealkylation sites (tertiary alicyclic amines) is 1. The van der Waals surface area contributed by atoms with E-state index in [1.54, 1.807) is 17.9 Å². The lowest BCUT2D eigenvalue weighted by atomic mass is 9.85. The lowest BCUT2D eigenvalue weighted by molar-refractivity contribution is 0.0663. The van der Waals surface area contributed by atoms with Crippen LogP contribution in [0.4, 0.5) is 11.6 Å². The van der Waals surface area contributed by atoms with Crippen LogP contribution in [0.3, 0.4) is 0 Å². The second-order valence-corrected chi connectivity index (χ2v) is 8.90. The van der Waals surface area contributed by atoms with Crippen LogP contribution in [0, 0.1) is 6.92 Å². The summed E-state index contributed by atoms with van der Waals surface area (Å²) in [5.41, 5.74) is 4.22. The zero-order valence-corrected chi connectivity index (χ0v) is 18.5. The maximum absolute atomic E-state index is 10.1. The summed E-state index contributed by atoms with van der Waals surface area (Å²) in [5, 5.41) is 19.0. The third-order valence-corrected chi connectivity index (χ3v) is 6.99. The number of nitrogens with one attached hydrogen (secondary N) is 1. The Morgan fingerprint density at radius 1 is 1.19 bits per heavy atom. The lowest BCUT2D eigenvalue weighted by Crippen LogP contribution is -2.46. The van der Waals surface area contributed by atoms with Gasteiger partial charge in [-0.15, -0.1) is 0 Å². The van der Waals surface area contributed by atoms with Crippen LogP contribution >= 0.6 is 11.6 Å². The van der Waals surface area contributed by atoms with Gasteiger partial charge in [-0.05, 0) is 62.0 Å². The molecule has 0 radical (unpaired) electrons. The Balaban J connectivity index is 1.35. The van der Waals surface area contributed by atoms with E-state index in [9.17, 15) is 5.11 Å². The highest BCUT2D eigenvalue weighted by atomic mass is 35.5. The Kier molecular flexibility index (Phi) is 5.56. The van der Waals surface area contributed by atoms with Gasteiger partial charge in [0.25, 0.3) is 0 Å². The van der Waals surface area contributed by atoms with Crippen LogP contribution in [0.15, 0.2) is 24.5 Å². The molecule has 0 aliphatic carbocycles. The second-order valence-electron chi connectivity index (χ2n) is 8.54. The molecule has 4 heterocycles. The summed E-state index contributed by atoms with van der Waals surface area (Å²) in [6.45, 7) is 5.20. The van der Waals surface area contributed by atoms with E-state index in [1.165, 1.54) is 11.1 Å². The van der Waals surface area contributed by atoms with Crippen molar-refractivity contribution in [3.8, 4) is 0 Å². The van der Waals surface area contributed by atoms with Crippen LogP contribution in [-0.4, -0.2) is 68.2 Å². The number of hydrogen-bond acceptors (Lipinski definition) is 7. The monoisotopic (exact) mass is 442 g/mol. The van der Waals surface area contributed by atoms with Gasteiger partial charge in [-0.3, -0.25) is 9.58 Å². The minimum absolute atomic E-state index is 0.138. The summed E-state index contributed by atoms with van der Waals surface area (Å²) in [7, 11) is 1.79. The van der Waals surface area contributed by atoms with Crippen molar-refractivity contribution in [1.82, 2.24) is 24.6 Å². The third kappa shape index (κ3) is 4.01. The number of rotatable bonds is 4. The largest absolute Gasteiger partial charge is 0.389 e. The van der Waals surface area contributed by atoms with Gasteiger partial charge in [0, 0.05) is 18.6 Å². The fraction of sp³-hybridized carbons (Fsp3) is 0.500. The van der Waals surface area contributed by atoms with Gasteiger partial charge in [-0.2, -0.15) is 5.10 Å². The molecule has 0 spiro atoms. The molecule has 164 valence electrons. The van der Waals surface area contributed by atoms with Crippen LogP contribution in [0.25, 0.3) is 10.9 Å². The predicted octanol–water partition coefficient (Wildman–Crippen LogP) is 3.01. The Morgan fingerprint density at radius 2 is 2.00 bits per heavy atom. The van der Waals surface area contributed by atoms with Gasteiger partial charge in [0.1, 0.15) is 5.15 Å². The second kappa shape index (κ2) is 8.35. The van der Waals surface area contributed by atoms with Gasteiger partial charge in [0.15, 0.2) is 0 Å². The van der Waals surface area contributed by atoms with Crippen LogP contribution in [0.1, 0.15) is 29.9 Å². The highest BCUT2D eigenvalue weighted by molar-refractivity contribution is 6.32. The van der Waals surface area contributed by atoms with Crippen molar-refractivity contribution in [3.05, 3.63) is 40.8 Å². The number of nitrogens with zero attached hydrogens (tertiary/aromatic N) is 5. The molecule has 2 fully saturated rings. The standard InChI is InChI=1S/C22H27ClN6O2/c1-13-7-15-9-24-22(27-18-10-25-28(2)21(18)23)26-17(15)8-16(13)14-3-5-29(6-4-14)19-11-31-12-20(19)30/h7-10,14,19-20,30H,3-6,11-12H2,1-2H3,(H,24,26,27). The van der Waals surface area contributed by atoms with Crippen molar-refractivity contribution in [2.45, 2.75) is 37.8 Å². The number of anilines is 2. The van der Waals surface area contributed by atoms with E-state index in [2.05, 4.69) is 39.4 Å². The summed E-state index contributed by atoms with van der Waals surface area (Å²) in [5.74, 6) is 0.987. The van der Waals surface area contributed by atoms with Crippen molar-refractivity contribution in [1.29, 1.82) is 0 Å². The van der Waals surface area contributed by atoms with Gasteiger partial charge in [0.05, 0.1) is 42.8 Å². The summed E-state index contributed by atoms with van der Waals surface area (Å²) in [4.78, 5) is 11.5. The number of aryl methyl sites for hydroxylation is 2. The Bertz CT molecular complexity index is 1100. The molecule has 8 nitrogen and oxygen atoms in total. The number of halogens is 1. The molecule has 0 amide bonds. The zero-order valence-electron chi connectivity index (χ0n) is 17.8. The van der Waals surface area contributed by atoms with Crippen molar-refractivity contribution >= 4 is 34.1 Å². The van der Waals surface area contributed by atoms with E-state index < -0.39 is 0 Å². The van der Waals surface area contributed by atoms with Gasteiger partial charge in [0.2, 0.25) is 5.95 Å². The number of hydrogen-bond donors (Lipinski definition) is 2. The van der Waals surface area contributed by atoms with E-state index in [1.807, 2.05) is 6.20 Å². The number of piperidine rings is 1. The molecule has 3 aromatic rings. The number of benzene rings is 1.